The molecule has 0 aliphatic carbocycles. The van der Waals surface area contributed by atoms with Gasteiger partial charge in [0.15, 0.2) is 0 Å². The van der Waals surface area contributed by atoms with Gasteiger partial charge in [-0.05, 0) is 19.3 Å². The molecule has 0 N–H and O–H groups in total. The smallest absolute Gasteiger partial charge is 0.388 e. The van der Waals surface area contributed by atoms with E-state index in [-0.39, 0.29) is 25.7 Å². The molecule has 0 aromatic heterocycles. The molecule has 6 heteroatoms. The van der Waals surface area contributed by atoms with E-state index >= 15 is 0 Å². The average molecular weight is 892 g/mol. The molecule has 0 rings (SSSR count). The normalized spacial score (nSPS) is 11.6. The van der Waals surface area contributed by atoms with Crippen molar-refractivity contribution in [1.29, 1.82) is 0 Å². The summed E-state index contributed by atoms with van der Waals surface area (Å²) in [5, 5.41) is 0. The van der Waals surface area contributed by atoms with Gasteiger partial charge in [0.1, 0.15) is 0 Å². The highest BCUT2D eigenvalue weighted by Crippen LogP contribution is 2.25. The lowest BCUT2D eigenvalue weighted by Gasteiger charge is -2.30. The summed E-state index contributed by atoms with van der Waals surface area (Å²) in [5.74, 6) is -3.38. The van der Waals surface area contributed by atoms with E-state index in [1.54, 1.807) is 6.92 Å². The Morgan fingerprint density at radius 2 is 0.381 bits per heavy atom. The summed E-state index contributed by atoms with van der Waals surface area (Å²) in [6.07, 6.45) is 57.3. The first-order valence-corrected chi connectivity index (χ1v) is 28.6. The van der Waals surface area contributed by atoms with Crippen LogP contribution in [-0.4, -0.2) is 23.9 Å². The van der Waals surface area contributed by atoms with Crippen LogP contribution in [0.2, 0.25) is 0 Å². The van der Waals surface area contributed by atoms with Gasteiger partial charge in [-0.1, -0.05) is 297 Å². The molecule has 6 nitrogen and oxygen atoms in total. The van der Waals surface area contributed by atoms with Crippen molar-refractivity contribution in [3.8, 4) is 0 Å². The van der Waals surface area contributed by atoms with Crippen molar-refractivity contribution >= 4 is 17.9 Å². The molecule has 0 atom stereocenters. The summed E-state index contributed by atoms with van der Waals surface area (Å²) >= 11 is 0. The SMILES string of the molecule is CCCCCCCCCCCCCCCCCC(=O)OC(CC)(OC(=O)CCCCCCCCCCCCCCCCC)OC(=O)CCCCCCCCCCCCCCCCC. The lowest BCUT2D eigenvalue weighted by molar-refractivity contribution is -0.331. The van der Waals surface area contributed by atoms with Gasteiger partial charge in [-0.15, -0.1) is 0 Å². The fourth-order valence-corrected chi connectivity index (χ4v) is 8.87. The predicted octanol–water partition coefficient (Wildman–Crippen LogP) is 19.5. The van der Waals surface area contributed by atoms with Crippen LogP contribution in [0.15, 0.2) is 0 Å². The molecular weight excluding hydrogens is 781 g/mol. The van der Waals surface area contributed by atoms with E-state index in [9.17, 15) is 14.4 Å². The number of rotatable bonds is 52. The number of hydrogen-bond acceptors (Lipinski definition) is 6. The van der Waals surface area contributed by atoms with Gasteiger partial charge in [-0.3, -0.25) is 14.4 Å². The molecule has 0 radical (unpaired) electrons. The predicted molar refractivity (Wildman–Crippen MR) is 270 cm³/mol. The molecule has 0 aliphatic heterocycles. The Morgan fingerprint density at radius 1 is 0.238 bits per heavy atom. The zero-order chi connectivity index (χ0) is 46.0. The van der Waals surface area contributed by atoms with Gasteiger partial charge >= 0.3 is 23.9 Å². The number of esters is 3. The Kier molecular flexibility index (Phi) is 48.6. The summed E-state index contributed by atoms with van der Waals surface area (Å²) in [6.45, 7) is 8.57. The number of hydrogen-bond donors (Lipinski definition) is 0. The van der Waals surface area contributed by atoms with Crippen LogP contribution >= 0.6 is 0 Å². The van der Waals surface area contributed by atoms with Crippen molar-refractivity contribution < 1.29 is 28.6 Å². The van der Waals surface area contributed by atoms with Crippen LogP contribution in [0.1, 0.15) is 342 Å². The van der Waals surface area contributed by atoms with E-state index in [0.717, 1.165) is 57.8 Å². The standard InChI is InChI=1S/C57H110O6/c1-5-9-12-15-18-21-24-27-30-33-36-39-42-45-48-51-54(58)61-57(8-4,62-55(59)52-49-46-43-40-37-34-31-28-25-22-19-16-13-10-6-2)63-56(60)53-50-47-44-41-38-35-32-29-26-23-20-17-14-11-7-3/h5-53H2,1-4H3. The number of carbonyl (C=O) groups excluding carboxylic acids is 3. The van der Waals surface area contributed by atoms with Crippen LogP contribution in [0.4, 0.5) is 0 Å². The maximum atomic E-state index is 13.1. The van der Waals surface area contributed by atoms with Crippen LogP contribution in [0.25, 0.3) is 0 Å². The zero-order valence-electron chi connectivity index (χ0n) is 43.1. The second-order valence-corrected chi connectivity index (χ2v) is 19.6. The van der Waals surface area contributed by atoms with Crippen molar-refractivity contribution in [2.24, 2.45) is 0 Å². The molecule has 0 saturated heterocycles. The molecule has 0 aromatic rings. The highest BCUT2D eigenvalue weighted by molar-refractivity contribution is 5.74. The highest BCUT2D eigenvalue weighted by Gasteiger charge is 2.41. The maximum Gasteiger partial charge on any atom is 0.423 e. The van der Waals surface area contributed by atoms with E-state index in [1.807, 2.05) is 0 Å². The molecule has 63 heavy (non-hydrogen) atoms. The summed E-state index contributed by atoms with van der Waals surface area (Å²) in [4.78, 5) is 39.4. The Bertz CT molecular complexity index is 847. The highest BCUT2D eigenvalue weighted by atomic mass is 16.9. The molecule has 0 aliphatic rings. The first kappa shape index (κ1) is 61.4. The molecule has 0 bridgehead atoms. The van der Waals surface area contributed by atoms with E-state index in [1.165, 1.54) is 231 Å². The van der Waals surface area contributed by atoms with Crippen LogP contribution < -0.4 is 0 Å². The summed E-state index contributed by atoms with van der Waals surface area (Å²) in [5.41, 5.74) is 0. The molecule has 0 heterocycles. The Hall–Kier alpha value is -1.59. The van der Waals surface area contributed by atoms with Gasteiger partial charge in [0.05, 0.1) is 6.42 Å². The fraction of sp³-hybridized carbons (Fsp3) is 0.947. The largest absolute Gasteiger partial charge is 0.423 e. The van der Waals surface area contributed by atoms with Gasteiger partial charge in [0.25, 0.3) is 0 Å². The Morgan fingerprint density at radius 3 is 0.524 bits per heavy atom. The van der Waals surface area contributed by atoms with Crippen LogP contribution in [0, 0.1) is 0 Å². The van der Waals surface area contributed by atoms with Crippen molar-refractivity contribution in [1.82, 2.24) is 0 Å². The second kappa shape index (κ2) is 49.8. The molecule has 0 spiro atoms. The second-order valence-electron chi connectivity index (χ2n) is 19.6. The van der Waals surface area contributed by atoms with Crippen molar-refractivity contribution in [2.75, 3.05) is 0 Å². The minimum absolute atomic E-state index is 0.0762. The minimum Gasteiger partial charge on any atom is -0.388 e. The lowest BCUT2D eigenvalue weighted by Crippen LogP contribution is -2.44. The summed E-state index contributed by atoms with van der Waals surface area (Å²) in [7, 11) is 0. The number of ether oxygens (including phenoxy) is 3. The third kappa shape index (κ3) is 45.4. The quantitative estimate of drug-likeness (QED) is 0.0344. The Balaban J connectivity index is 4.56. The molecule has 0 amide bonds. The summed E-state index contributed by atoms with van der Waals surface area (Å²) < 4.78 is 17.3. The average Bonchev–Trinajstić information content (AvgIpc) is 3.27. The number of unbranched alkanes of at least 4 members (excludes halogenated alkanes) is 42. The van der Waals surface area contributed by atoms with Crippen molar-refractivity contribution in [3.63, 3.8) is 0 Å². The van der Waals surface area contributed by atoms with Crippen molar-refractivity contribution in [2.45, 2.75) is 348 Å². The third-order valence-electron chi connectivity index (χ3n) is 13.2. The van der Waals surface area contributed by atoms with E-state index in [0.29, 0.717) is 0 Å². The molecule has 374 valence electrons. The zero-order valence-corrected chi connectivity index (χ0v) is 43.1. The van der Waals surface area contributed by atoms with Gasteiger partial charge in [0.2, 0.25) is 0 Å². The maximum absolute atomic E-state index is 13.1. The topological polar surface area (TPSA) is 78.9 Å². The monoisotopic (exact) mass is 891 g/mol. The van der Waals surface area contributed by atoms with Gasteiger partial charge < -0.3 is 14.2 Å². The van der Waals surface area contributed by atoms with E-state index < -0.39 is 23.9 Å². The Labute approximate surface area is 393 Å². The van der Waals surface area contributed by atoms with Gasteiger partial charge in [-0.2, -0.15) is 0 Å². The first-order chi connectivity index (χ1) is 30.9. The fourth-order valence-electron chi connectivity index (χ4n) is 8.87. The molecule has 0 unspecified atom stereocenters. The van der Waals surface area contributed by atoms with Crippen LogP contribution in [0.5, 0.6) is 0 Å². The number of carbonyl (C=O) groups is 3. The molecule has 0 fully saturated rings. The van der Waals surface area contributed by atoms with Crippen LogP contribution in [-0.2, 0) is 28.6 Å². The third-order valence-corrected chi connectivity index (χ3v) is 13.2. The molecular formula is C57H110O6. The summed E-state index contributed by atoms with van der Waals surface area (Å²) in [6, 6.07) is 0. The lowest BCUT2D eigenvalue weighted by atomic mass is 10.0. The molecule has 0 aromatic carbocycles. The first-order valence-electron chi connectivity index (χ1n) is 28.6. The van der Waals surface area contributed by atoms with Gasteiger partial charge in [-0.25, -0.2) is 0 Å². The molecule has 0 saturated carbocycles. The van der Waals surface area contributed by atoms with Crippen LogP contribution in [0.3, 0.4) is 0 Å². The van der Waals surface area contributed by atoms with Gasteiger partial charge in [0, 0.05) is 19.3 Å². The minimum atomic E-state index is -1.98. The van der Waals surface area contributed by atoms with E-state index in [4.69, 9.17) is 14.2 Å². The van der Waals surface area contributed by atoms with Crippen molar-refractivity contribution in [3.05, 3.63) is 0 Å². The van der Waals surface area contributed by atoms with E-state index in [2.05, 4.69) is 20.8 Å².